The lowest BCUT2D eigenvalue weighted by atomic mass is 9.45. The topological polar surface area (TPSA) is 253 Å². The normalized spacial score (nSPS) is 30.9. The van der Waals surface area contributed by atoms with E-state index in [-0.39, 0.29) is 22.3 Å². The summed E-state index contributed by atoms with van der Waals surface area (Å²) in [4.78, 5) is 83.3. The van der Waals surface area contributed by atoms with Gasteiger partial charge in [0.15, 0.2) is 23.6 Å². The maximum absolute atomic E-state index is 15.5. The summed E-state index contributed by atoms with van der Waals surface area (Å²) in [6.07, 6.45) is -12.9. The van der Waals surface area contributed by atoms with E-state index in [0.717, 1.165) is 13.8 Å². The summed E-state index contributed by atoms with van der Waals surface area (Å²) >= 11 is 0. The molecule has 0 spiro atoms. The molecule has 0 heterocycles. The predicted molar refractivity (Wildman–Crippen MR) is 221 cm³/mol. The number of aliphatic hydroxyl groups is 5. The molecule has 2 fully saturated rings. The molecule has 0 unspecified atom stereocenters. The van der Waals surface area contributed by atoms with Gasteiger partial charge in [0.05, 0.1) is 41.8 Å². The van der Waals surface area contributed by atoms with Crippen LogP contribution in [0.25, 0.3) is 0 Å². The van der Waals surface area contributed by atoms with Gasteiger partial charge in [-0.05, 0) is 54.8 Å². The number of amides is 1. The van der Waals surface area contributed by atoms with E-state index < -0.39 is 126 Å². The number of carbonyl (C=O) groups is 6. The third-order valence-electron chi connectivity index (χ3n) is 13.2. The Morgan fingerprint density at radius 3 is 1.89 bits per heavy atom. The molecule has 3 aromatic carbocycles. The van der Waals surface area contributed by atoms with Crippen molar-refractivity contribution in [3.8, 4) is 0 Å². The molecule has 1 amide bonds. The molecule has 6 N–H and O–H groups in total. The third kappa shape index (κ3) is 8.17. The van der Waals surface area contributed by atoms with Crippen molar-refractivity contribution in [3.63, 3.8) is 0 Å². The number of aliphatic hydroxyl groups excluding tert-OH is 4. The second-order valence-corrected chi connectivity index (χ2v) is 17.2. The van der Waals surface area contributed by atoms with Crippen molar-refractivity contribution in [2.45, 2.75) is 108 Å². The summed E-state index contributed by atoms with van der Waals surface area (Å²) in [6.45, 7) is 6.37. The zero-order valence-corrected chi connectivity index (χ0v) is 35.7. The van der Waals surface area contributed by atoms with Crippen LogP contribution in [0.4, 0.5) is 0 Å². The van der Waals surface area contributed by atoms with Crippen molar-refractivity contribution < 1.29 is 73.2 Å². The molecular weight excluding hydrogens is 819 g/mol. The summed E-state index contributed by atoms with van der Waals surface area (Å²) in [5, 5.41) is 63.0. The summed E-state index contributed by atoms with van der Waals surface area (Å²) < 4.78 is 23.8. The van der Waals surface area contributed by atoms with E-state index in [0.29, 0.717) is 5.56 Å². The van der Waals surface area contributed by atoms with Gasteiger partial charge in [-0.25, -0.2) is 9.59 Å². The fourth-order valence-electron chi connectivity index (χ4n) is 9.88. The van der Waals surface area contributed by atoms with Crippen LogP contribution in [0.3, 0.4) is 0 Å². The Hall–Kier alpha value is -5.78. The highest BCUT2D eigenvalue weighted by Gasteiger charge is 2.76. The third-order valence-corrected chi connectivity index (χ3v) is 13.2. The molecule has 0 aromatic heterocycles. The monoisotopic (exact) mass is 871 g/mol. The van der Waals surface area contributed by atoms with E-state index in [2.05, 4.69) is 5.32 Å². The van der Waals surface area contributed by atoms with Gasteiger partial charge in [0, 0.05) is 37.7 Å². The highest BCUT2D eigenvalue weighted by molar-refractivity contribution is 5.96. The number of hydrogen-bond donors (Lipinski definition) is 6. The number of esters is 4. The molecule has 11 atom stereocenters. The minimum absolute atomic E-state index is 0.0378. The molecule has 336 valence electrons. The Kier molecular flexibility index (Phi) is 13.2. The van der Waals surface area contributed by atoms with Gasteiger partial charge in [0.1, 0.15) is 17.8 Å². The Morgan fingerprint density at radius 1 is 0.794 bits per heavy atom. The first-order valence-electron chi connectivity index (χ1n) is 20.5. The molecule has 16 heteroatoms. The smallest absolute Gasteiger partial charge is 0.338 e. The first kappa shape index (κ1) is 46.7. The second-order valence-electron chi connectivity index (χ2n) is 17.2. The van der Waals surface area contributed by atoms with E-state index in [4.69, 9.17) is 18.9 Å². The van der Waals surface area contributed by atoms with E-state index in [1.54, 1.807) is 54.6 Å². The molecule has 0 radical (unpaired) electrons. The zero-order valence-electron chi connectivity index (χ0n) is 35.7. The first-order chi connectivity index (χ1) is 29.6. The van der Waals surface area contributed by atoms with Crippen LogP contribution in [0.2, 0.25) is 0 Å². The summed E-state index contributed by atoms with van der Waals surface area (Å²) in [5.74, 6) is -8.08. The lowest BCUT2D eigenvalue weighted by Crippen LogP contribution is -2.78. The van der Waals surface area contributed by atoms with Gasteiger partial charge < -0.3 is 49.8 Å². The van der Waals surface area contributed by atoms with E-state index in [1.807, 2.05) is 0 Å². The maximum atomic E-state index is 15.5. The summed E-state index contributed by atoms with van der Waals surface area (Å²) in [5.41, 5.74) is -8.83. The standard InChI is InChI=1S/C47H53NO15/c1-25-31(61-43(58)36(54)35(28-16-10-7-11-17-28)48-41(56)29-18-12-8-13-19-29)23-47(59)40(62-42(57)30-20-14-9-15-21-30)38-45(6,32(52)22-33(53)46(38,24-49)63-27(3)51)39(55)37(60-26(2)50)34(25)44(47,4)5/h7-21,31-33,35-38,40,49,52-54,59H,22-24H2,1-6H3,(H,48,56)/t31-,32-,33-,35-,36+,37+,38-,40-,45+,46-,47+/m0/s1. The minimum Gasteiger partial charge on any atom is -0.456 e. The number of fused-ring (bicyclic) bond motifs is 3. The number of carbonyl (C=O) groups excluding carboxylic acids is 6. The van der Waals surface area contributed by atoms with Gasteiger partial charge in [-0.2, -0.15) is 0 Å². The Morgan fingerprint density at radius 2 is 1.35 bits per heavy atom. The van der Waals surface area contributed by atoms with Crippen molar-refractivity contribution in [1.82, 2.24) is 5.32 Å². The number of Topliss-reactive ketones (excluding diaryl/α,β-unsaturated/α-hetero) is 1. The fourth-order valence-corrected chi connectivity index (χ4v) is 9.88. The molecule has 3 aliphatic rings. The largest absolute Gasteiger partial charge is 0.456 e. The Labute approximate surface area is 363 Å². The number of hydrogen-bond acceptors (Lipinski definition) is 15. The number of ether oxygens (including phenoxy) is 4. The van der Waals surface area contributed by atoms with Crippen molar-refractivity contribution in [2.75, 3.05) is 6.61 Å². The van der Waals surface area contributed by atoms with Crippen molar-refractivity contribution in [1.29, 1.82) is 0 Å². The van der Waals surface area contributed by atoms with Gasteiger partial charge in [-0.3, -0.25) is 19.2 Å². The SMILES string of the molecule is CC(=O)O[C@H]1C(=O)[C@@]2(C)[C@H]([C@H](OC(=O)c3ccccc3)[C@]3(O)C[C@H](OC(=O)[C@H](O)[C@@H](NC(=O)c4ccccc4)c4ccccc4)C(C)=C1C3(C)C)[C@@](CO)(OC(C)=O)[C@@H](O)C[C@@H]2O. The average Bonchev–Trinajstić information content (AvgIpc) is 3.25. The van der Waals surface area contributed by atoms with Gasteiger partial charge in [0.25, 0.3) is 5.91 Å². The number of benzene rings is 3. The van der Waals surface area contributed by atoms with Crippen LogP contribution >= 0.6 is 0 Å². The molecule has 63 heavy (non-hydrogen) atoms. The van der Waals surface area contributed by atoms with Crippen LogP contribution in [0.1, 0.15) is 86.7 Å². The molecular formula is C47H53NO15. The molecule has 3 aliphatic carbocycles. The highest BCUT2D eigenvalue weighted by Crippen LogP contribution is 2.62. The molecule has 2 bridgehead atoms. The first-order valence-corrected chi connectivity index (χ1v) is 20.5. The molecule has 0 aliphatic heterocycles. The van der Waals surface area contributed by atoms with Gasteiger partial charge in [-0.15, -0.1) is 0 Å². The minimum atomic E-state index is -2.59. The fraction of sp³-hybridized carbons (Fsp3) is 0.447. The summed E-state index contributed by atoms with van der Waals surface area (Å²) in [7, 11) is 0. The van der Waals surface area contributed by atoms with Crippen molar-refractivity contribution >= 4 is 35.6 Å². The molecule has 3 aromatic rings. The van der Waals surface area contributed by atoms with Gasteiger partial charge in [0.2, 0.25) is 0 Å². The number of rotatable bonds is 11. The molecule has 2 saturated carbocycles. The van der Waals surface area contributed by atoms with E-state index in [1.165, 1.54) is 64.1 Å². The quantitative estimate of drug-likeness (QED) is 0.0921. The molecule has 6 rings (SSSR count). The van der Waals surface area contributed by atoms with Crippen LogP contribution in [0.5, 0.6) is 0 Å². The van der Waals surface area contributed by atoms with Crippen molar-refractivity contribution in [2.24, 2.45) is 16.7 Å². The number of ketones is 1. The summed E-state index contributed by atoms with van der Waals surface area (Å²) in [6, 6.07) is 22.3. The Balaban J connectivity index is 1.56. The van der Waals surface area contributed by atoms with E-state index in [9.17, 15) is 49.5 Å². The zero-order chi connectivity index (χ0) is 46.2. The average molecular weight is 872 g/mol. The second kappa shape index (κ2) is 17.8. The van der Waals surface area contributed by atoms with Crippen LogP contribution in [0, 0.1) is 16.7 Å². The predicted octanol–water partition coefficient (Wildman–Crippen LogP) is 2.69. The highest BCUT2D eigenvalue weighted by atomic mass is 16.6. The maximum Gasteiger partial charge on any atom is 0.338 e. The van der Waals surface area contributed by atoms with Crippen LogP contribution in [0.15, 0.2) is 102 Å². The van der Waals surface area contributed by atoms with Crippen LogP contribution in [-0.2, 0) is 38.1 Å². The number of nitrogens with one attached hydrogen (secondary N) is 1. The molecule has 0 saturated heterocycles. The van der Waals surface area contributed by atoms with Gasteiger partial charge in [-0.1, -0.05) is 80.6 Å². The Bertz CT molecular complexity index is 2260. The lowest BCUT2D eigenvalue weighted by molar-refractivity contribution is -0.290. The van der Waals surface area contributed by atoms with E-state index >= 15 is 4.79 Å². The van der Waals surface area contributed by atoms with Crippen LogP contribution in [-0.4, -0.2) is 116 Å². The molecule has 16 nitrogen and oxygen atoms in total. The lowest BCUT2D eigenvalue weighted by Gasteiger charge is -2.64. The van der Waals surface area contributed by atoms with Crippen molar-refractivity contribution in [3.05, 3.63) is 119 Å². The van der Waals surface area contributed by atoms with Crippen LogP contribution < -0.4 is 5.32 Å². The van der Waals surface area contributed by atoms with Gasteiger partial charge >= 0.3 is 23.9 Å².